The van der Waals surface area contributed by atoms with Crippen molar-refractivity contribution in [3.05, 3.63) is 84.0 Å². The van der Waals surface area contributed by atoms with Gasteiger partial charge in [-0.3, -0.25) is 0 Å². The van der Waals surface area contributed by atoms with Crippen LogP contribution in [0, 0.1) is 23.7 Å². The van der Waals surface area contributed by atoms with E-state index < -0.39 is 0 Å². The van der Waals surface area contributed by atoms with Gasteiger partial charge < -0.3 is 0 Å². The third-order valence-electron chi connectivity index (χ3n) is 8.89. The van der Waals surface area contributed by atoms with Crippen molar-refractivity contribution in [3.8, 4) is 11.1 Å². The minimum Gasteiger partial charge on any atom is -0.0879 e. The number of hydrogen-bond donors (Lipinski definition) is 0. The quantitative estimate of drug-likeness (QED) is 0.208. The number of rotatable bonds is 12. The van der Waals surface area contributed by atoms with E-state index >= 15 is 0 Å². The normalized spacial score (nSPS) is 24.4. The van der Waals surface area contributed by atoms with E-state index in [1.54, 1.807) is 0 Å². The van der Waals surface area contributed by atoms with E-state index in [0.717, 1.165) is 36.5 Å². The van der Waals surface area contributed by atoms with Crippen LogP contribution in [0.5, 0.6) is 0 Å². The van der Waals surface area contributed by atoms with Crippen LogP contribution in [0.15, 0.2) is 72.8 Å². The first kappa shape index (κ1) is 27.0. The summed E-state index contributed by atoms with van der Waals surface area (Å²) in [4.78, 5) is 0. The number of allylic oxidation sites excluding steroid dienone is 4. The van der Waals surface area contributed by atoms with E-state index in [2.05, 4.69) is 86.7 Å². The second-order valence-electron chi connectivity index (χ2n) is 11.7. The van der Waals surface area contributed by atoms with E-state index in [-0.39, 0.29) is 0 Å². The maximum atomic E-state index is 2.62. The van der Waals surface area contributed by atoms with Crippen molar-refractivity contribution < 1.29 is 0 Å². The number of aryl methyl sites for hydroxylation is 2. The highest BCUT2D eigenvalue weighted by molar-refractivity contribution is 5.64. The summed E-state index contributed by atoms with van der Waals surface area (Å²) in [5.41, 5.74) is 5.54. The van der Waals surface area contributed by atoms with Gasteiger partial charge in [-0.05, 0) is 110 Å². The lowest BCUT2D eigenvalue weighted by molar-refractivity contribution is 0.230. The van der Waals surface area contributed by atoms with E-state index in [1.807, 2.05) is 0 Å². The van der Waals surface area contributed by atoms with E-state index in [4.69, 9.17) is 0 Å². The minimum absolute atomic E-state index is 0.814. The first-order valence-corrected chi connectivity index (χ1v) is 15.3. The summed E-state index contributed by atoms with van der Waals surface area (Å²) in [7, 11) is 0. The lowest BCUT2D eigenvalue weighted by Gasteiger charge is -2.34. The fourth-order valence-corrected chi connectivity index (χ4v) is 6.51. The molecule has 1 saturated carbocycles. The maximum Gasteiger partial charge on any atom is -0.0184 e. The predicted molar refractivity (Wildman–Crippen MR) is 158 cm³/mol. The summed E-state index contributed by atoms with van der Waals surface area (Å²) in [5, 5.41) is 0. The smallest absolute Gasteiger partial charge is 0.0184 e. The first-order valence-electron chi connectivity index (χ1n) is 15.3. The Morgan fingerprint density at radius 3 is 1.92 bits per heavy atom. The Morgan fingerprint density at radius 2 is 1.33 bits per heavy atom. The molecule has 0 bridgehead atoms. The van der Waals surface area contributed by atoms with Gasteiger partial charge in [0, 0.05) is 0 Å². The van der Waals surface area contributed by atoms with Crippen LogP contribution in [0.2, 0.25) is 0 Å². The van der Waals surface area contributed by atoms with Crippen LogP contribution >= 0.6 is 0 Å². The molecule has 2 aliphatic carbocycles. The molecule has 0 heteroatoms. The molecule has 2 atom stereocenters. The minimum atomic E-state index is 0.814. The molecular formula is C36H50. The van der Waals surface area contributed by atoms with Crippen molar-refractivity contribution in [3.63, 3.8) is 0 Å². The van der Waals surface area contributed by atoms with Crippen molar-refractivity contribution in [1.29, 1.82) is 0 Å². The lowest BCUT2D eigenvalue weighted by Crippen LogP contribution is -2.22. The second-order valence-corrected chi connectivity index (χ2v) is 11.7. The van der Waals surface area contributed by atoms with Crippen LogP contribution < -0.4 is 0 Å². The molecule has 0 N–H and O–H groups in total. The van der Waals surface area contributed by atoms with Crippen molar-refractivity contribution in [2.75, 3.05) is 0 Å². The van der Waals surface area contributed by atoms with E-state index in [1.165, 1.54) is 99.3 Å². The zero-order chi connectivity index (χ0) is 25.0. The third-order valence-corrected chi connectivity index (χ3v) is 8.89. The van der Waals surface area contributed by atoms with Gasteiger partial charge in [-0.1, -0.05) is 112 Å². The molecule has 1 fully saturated rings. The van der Waals surface area contributed by atoms with Gasteiger partial charge in [-0.25, -0.2) is 0 Å². The van der Waals surface area contributed by atoms with E-state index in [9.17, 15) is 0 Å². The van der Waals surface area contributed by atoms with Crippen LogP contribution in [-0.2, 0) is 12.8 Å². The van der Waals surface area contributed by atoms with Gasteiger partial charge in [0.1, 0.15) is 0 Å². The zero-order valence-electron chi connectivity index (χ0n) is 23.1. The predicted octanol–water partition coefficient (Wildman–Crippen LogP) is 10.8. The third kappa shape index (κ3) is 8.22. The van der Waals surface area contributed by atoms with Gasteiger partial charge in [0.25, 0.3) is 0 Å². The molecule has 2 unspecified atom stereocenters. The fraction of sp³-hybridized carbons (Fsp3) is 0.556. The molecule has 0 nitrogen and oxygen atoms in total. The Labute approximate surface area is 222 Å². The van der Waals surface area contributed by atoms with Gasteiger partial charge in [-0.15, -0.1) is 0 Å². The fourth-order valence-electron chi connectivity index (χ4n) is 6.51. The molecule has 2 aromatic carbocycles. The lowest BCUT2D eigenvalue weighted by atomic mass is 9.71. The van der Waals surface area contributed by atoms with Crippen LogP contribution in [0.1, 0.15) is 102 Å². The van der Waals surface area contributed by atoms with Crippen LogP contribution in [0.25, 0.3) is 11.1 Å². The van der Waals surface area contributed by atoms with Gasteiger partial charge in [-0.2, -0.15) is 0 Å². The van der Waals surface area contributed by atoms with E-state index in [0.29, 0.717) is 0 Å². The van der Waals surface area contributed by atoms with Crippen molar-refractivity contribution in [2.45, 2.75) is 104 Å². The zero-order valence-corrected chi connectivity index (χ0v) is 23.1. The monoisotopic (exact) mass is 482 g/mol. The molecule has 0 heterocycles. The molecule has 36 heavy (non-hydrogen) atoms. The summed E-state index contributed by atoms with van der Waals surface area (Å²) in [6, 6.07) is 18.3. The topological polar surface area (TPSA) is 0 Å². The molecule has 0 spiro atoms. The Bertz CT molecular complexity index is 921. The largest absolute Gasteiger partial charge is 0.0879 e. The highest BCUT2D eigenvalue weighted by Gasteiger charge is 2.27. The van der Waals surface area contributed by atoms with Gasteiger partial charge in [0.05, 0.1) is 0 Å². The highest BCUT2D eigenvalue weighted by Crippen LogP contribution is 2.39. The van der Waals surface area contributed by atoms with Crippen LogP contribution in [-0.4, -0.2) is 0 Å². The molecule has 2 aromatic rings. The molecule has 2 aliphatic rings. The van der Waals surface area contributed by atoms with Gasteiger partial charge in [0.2, 0.25) is 0 Å². The second kappa shape index (κ2) is 14.6. The van der Waals surface area contributed by atoms with Crippen molar-refractivity contribution >= 4 is 0 Å². The van der Waals surface area contributed by atoms with Crippen LogP contribution in [0.4, 0.5) is 0 Å². The molecule has 0 saturated heterocycles. The van der Waals surface area contributed by atoms with Crippen LogP contribution in [0.3, 0.4) is 0 Å². The Morgan fingerprint density at radius 1 is 0.667 bits per heavy atom. The first-order chi connectivity index (χ1) is 17.7. The van der Waals surface area contributed by atoms with Crippen molar-refractivity contribution in [2.24, 2.45) is 23.7 Å². The number of hydrogen-bond acceptors (Lipinski definition) is 0. The molecule has 0 amide bonds. The summed E-state index contributed by atoms with van der Waals surface area (Å²) in [6.45, 7) is 4.55. The Kier molecular flexibility index (Phi) is 10.9. The number of unbranched alkanes of at least 4 members (excludes halogenated alkanes) is 2. The number of benzene rings is 2. The molecule has 194 valence electrons. The van der Waals surface area contributed by atoms with Gasteiger partial charge >= 0.3 is 0 Å². The summed E-state index contributed by atoms with van der Waals surface area (Å²) in [5.74, 6) is 3.51. The van der Waals surface area contributed by atoms with Crippen molar-refractivity contribution in [1.82, 2.24) is 0 Å². The summed E-state index contributed by atoms with van der Waals surface area (Å²) >= 11 is 0. The molecular weight excluding hydrogens is 432 g/mol. The molecule has 0 aliphatic heterocycles. The average molecular weight is 483 g/mol. The Hall–Kier alpha value is -2.08. The van der Waals surface area contributed by atoms with Gasteiger partial charge in [0.15, 0.2) is 0 Å². The average Bonchev–Trinajstić information content (AvgIpc) is 2.93. The summed E-state index contributed by atoms with van der Waals surface area (Å²) in [6.07, 6.45) is 29.1. The highest BCUT2D eigenvalue weighted by atomic mass is 14.3. The molecule has 0 aromatic heterocycles. The standard InChI is InChI=1S/C36H50/c1-3-5-6-10-30-15-23-35(24-16-30)36-27-19-32(20-28-36)12-8-7-11-31-17-25-34(26-18-31)33-21-13-29(9-4-2)14-22-33/h8,12-15,17-18,21-23,25-26,30,32,35-36H,3-7,9-11,16,19-20,24,27-28H2,1-2H3/b12-8+. The SMILES string of the molecule is CCCCCC1C=CC(C2CCC(/C=C/CCc3ccc(-c4ccc(CCC)cc4)cc3)CC2)CC1. The Balaban J connectivity index is 1.14. The summed E-state index contributed by atoms with van der Waals surface area (Å²) < 4.78 is 0. The maximum absolute atomic E-state index is 2.62. The molecule has 0 radical (unpaired) electrons. The molecule has 4 rings (SSSR count).